The molecular weight excluding hydrogens is 340 g/mol. The molecule has 0 aromatic heterocycles. The molecule has 128 valence electrons. The molecule has 0 radical (unpaired) electrons. The number of aliphatic hydroxyl groups is 5. The molecule has 23 heavy (non-hydrogen) atoms. The molecule has 0 unspecified atom stereocenters. The van der Waals surface area contributed by atoms with Gasteiger partial charge in [-0.05, 0) is 5.56 Å². The fourth-order valence-electron chi connectivity index (χ4n) is 1.55. The summed E-state index contributed by atoms with van der Waals surface area (Å²) in [7, 11) is 0. The highest BCUT2D eigenvalue weighted by Gasteiger charge is 2.29. The van der Waals surface area contributed by atoms with E-state index < -0.39 is 31.0 Å². The highest BCUT2D eigenvalue weighted by molar-refractivity contribution is 8.22. The lowest BCUT2D eigenvalue weighted by Crippen LogP contribution is -2.46. The number of rotatable bonds is 8. The zero-order chi connectivity index (χ0) is 17.2. The third-order valence-electron chi connectivity index (χ3n) is 2.88. The van der Waals surface area contributed by atoms with Crippen LogP contribution in [0.25, 0.3) is 0 Å². The van der Waals surface area contributed by atoms with Crippen LogP contribution in [-0.4, -0.2) is 67.1 Å². The van der Waals surface area contributed by atoms with Crippen molar-refractivity contribution in [3.05, 3.63) is 35.9 Å². The summed E-state index contributed by atoms with van der Waals surface area (Å²) in [5.74, 6) is 0.661. The SMILES string of the molecule is OC[C@H](O)[C@@H](O)[C@@H](O)[C@H](O)/C=N/NC(=S)SCc1ccccc1. The molecule has 0 aliphatic carbocycles. The molecule has 0 heterocycles. The summed E-state index contributed by atoms with van der Waals surface area (Å²) in [6.07, 6.45) is -5.51. The van der Waals surface area contributed by atoms with E-state index in [4.69, 9.17) is 17.3 Å². The molecule has 0 saturated heterocycles. The monoisotopic (exact) mass is 360 g/mol. The molecule has 0 spiro atoms. The second-order valence-corrected chi connectivity index (χ2v) is 6.33. The third-order valence-corrected chi connectivity index (χ3v) is 4.15. The summed E-state index contributed by atoms with van der Waals surface area (Å²) in [5.41, 5.74) is 3.62. The first kappa shape index (κ1) is 20.0. The van der Waals surface area contributed by atoms with Crippen molar-refractivity contribution < 1.29 is 25.5 Å². The lowest BCUT2D eigenvalue weighted by Gasteiger charge is -2.23. The normalized spacial score (nSPS) is 16.7. The molecule has 0 bridgehead atoms. The maximum absolute atomic E-state index is 9.61. The molecule has 0 amide bonds. The van der Waals surface area contributed by atoms with E-state index in [0.717, 1.165) is 11.8 Å². The van der Waals surface area contributed by atoms with Gasteiger partial charge in [0.25, 0.3) is 0 Å². The first-order valence-electron chi connectivity index (χ1n) is 6.78. The topological polar surface area (TPSA) is 126 Å². The standard InChI is InChI=1S/C14H20N2O5S2/c17-7-11(19)13(21)12(20)10(18)6-15-16-14(22)23-8-9-4-2-1-3-5-9/h1-6,10-13,17-21H,7-8H2,(H,16,22)/b15-6+/t10-,11+,12+,13-/m1/s1. The van der Waals surface area contributed by atoms with Crippen LogP contribution >= 0.6 is 24.0 Å². The zero-order valence-corrected chi connectivity index (χ0v) is 13.8. The van der Waals surface area contributed by atoms with Gasteiger partial charge in [-0.3, -0.25) is 5.43 Å². The summed E-state index contributed by atoms with van der Waals surface area (Å²) in [6, 6.07) is 9.70. The quantitative estimate of drug-likeness (QED) is 0.203. The molecule has 1 aromatic rings. The Balaban J connectivity index is 2.35. The summed E-state index contributed by atoms with van der Waals surface area (Å²) in [5, 5.41) is 50.2. The molecule has 4 atom stereocenters. The van der Waals surface area contributed by atoms with Gasteiger partial charge in [0.05, 0.1) is 12.8 Å². The fourth-order valence-corrected chi connectivity index (χ4v) is 2.38. The van der Waals surface area contributed by atoms with Gasteiger partial charge in [0.1, 0.15) is 24.4 Å². The minimum absolute atomic E-state index is 0.378. The van der Waals surface area contributed by atoms with E-state index in [9.17, 15) is 20.4 Å². The Labute approximate surface area is 143 Å². The number of benzene rings is 1. The largest absolute Gasteiger partial charge is 0.394 e. The molecule has 1 aromatic carbocycles. The van der Waals surface area contributed by atoms with E-state index in [1.165, 1.54) is 11.8 Å². The molecule has 9 heteroatoms. The Bertz CT molecular complexity index is 503. The van der Waals surface area contributed by atoms with Crippen LogP contribution in [0.1, 0.15) is 5.56 Å². The number of hydrogen-bond donors (Lipinski definition) is 6. The van der Waals surface area contributed by atoms with Gasteiger partial charge in [-0.2, -0.15) is 5.10 Å². The molecule has 7 nitrogen and oxygen atoms in total. The van der Waals surface area contributed by atoms with Crippen molar-refractivity contribution in [3.63, 3.8) is 0 Å². The predicted octanol–water partition coefficient (Wildman–Crippen LogP) is -0.784. The first-order chi connectivity index (χ1) is 11.0. The number of nitrogens with zero attached hydrogens (tertiary/aromatic N) is 1. The van der Waals surface area contributed by atoms with Gasteiger partial charge in [0, 0.05) is 5.75 Å². The number of aliphatic hydroxyl groups excluding tert-OH is 5. The molecule has 0 aliphatic rings. The van der Waals surface area contributed by atoms with Crippen molar-refractivity contribution in [1.82, 2.24) is 5.43 Å². The van der Waals surface area contributed by atoms with Crippen LogP contribution < -0.4 is 5.43 Å². The maximum atomic E-state index is 9.61. The van der Waals surface area contributed by atoms with Gasteiger partial charge < -0.3 is 25.5 Å². The Morgan fingerprint density at radius 1 is 1.17 bits per heavy atom. The summed E-state index contributed by atoms with van der Waals surface area (Å²) in [6.45, 7) is -0.736. The Hall–Kier alpha value is -1.07. The number of hydrazone groups is 1. The van der Waals surface area contributed by atoms with Gasteiger partial charge in [-0.1, -0.05) is 54.3 Å². The molecule has 1 rings (SSSR count). The van der Waals surface area contributed by atoms with Crippen molar-refractivity contribution >= 4 is 34.5 Å². The van der Waals surface area contributed by atoms with E-state index >= 15 is 0 Å². The van der Waals surface area contributed by atoms with Crippen LogP contribution in [0.15, 0.2) is 35.4 Å². The van der Waals surface area contributed by atoms with Gasteiger partial charge in [0.2, 0.25) is 0 Å². The van der Waals surface area contributed by atoms with E-state index in [0.29, 0.717) is 10.1 Å². The van der Waals surface area contributed by atoms with Crippen LogP contribution in [-0.2, 0) is 5.75 Å². The molecular formula is C14H20N2O5S2. The maximum Gasteiger partial charge on any atom is 0.154 e. The van der Waals surface area contributed by atoms with Gasteiger partial charge in [-0.15, -0.1) is 0 Å². The number of thiocarbonyl (C=S) groups is 1. The Kier molecular flexibility index (Phi) is 9.26. The lowest BCUT2D eigenvalue weighted by molar-refractivity contribution is -0.0999. The number of hydrogen-bond acceptors (Lipinski definition) is 8. The zero-order valence-electron chi connectivity index (χ0n) is 12.2. The molecule has 0 saturated carbocycles. The van der Waals surface area contributed by atoms with E-state index in [1.54, 1.807) is 0 Å². The van der Waals surface area contributed by atoms with Crippen molar-refractivity contribution in [2.75, 3.05) is 6.61 Å². The minimum Gasteiger partial charge on any atom is -0.394 e. The highest BCUT2D eigenvalue weighted by atomic mass is 32.2. The van der Waals surface area contributed by atoms with Gasteiger partial charge >= 0.3 is 0 Å². The average Bonchev–Trinajstić information content (AvgIpc) is 2.58. The number of nitrogens with one attached hydrogen (secondary N) is 1. The first-order valence-corrected chi connectivity index (χ1v) is 8.18. The summed E-state index contributed by atoms with van der Waals surface area (Å²) in [4.78, 5) is 0. The Morgan fingerprint density at radius 3 is 2.43 bits per heavy atom. The molecule has 0 fully saturated rings. The van der Waals surface area contributed by atoms with E-state index in [-0.39, 0.29) is 0 Å². The highest BCUT2D eigenvalue weighted by Crippen LogP contribution is 2.12. The smallest absolute Gasteiger partial charge is 0.154 e. The van der Waals surface area contributed by atoms with Crippen LogP contribution in [0.3, 0.4) is 0 Å². The van der Waals surface area contributed by atoms with Crippen LogP contribution in [0.4, 0.5) is 0 Å². The number of thioether (sulfide) groups is 1. The molecule has 0 aliphatic heterocycles. The summed E-state index contributed by atoms with van der Waals surface area (Å²) < 4.78 is 0.378. The fraction of sp³-hybridized carbons (Fsp3) is 0.429. The second-order valence-electron chi connectivity index (χ2n) is 4.67. The Morgan fingerprint density at radius 2 is 1.83 bits per heavy atom. The van der Waals surface area contributed by atoms with E-state index in [1.807, 2.05) is 30.3 Å². The van der Waals surface area contributed by atoms with Crippen molar-refractivity contribution in [1.29, 1.82) is 0 Å². The van der Waals surface area contributed by atoms with Gasteiger partial charge in [-0.25, -0.2) is 0 Å². The van der Waals surface area contributed by atoms with Crippen LogP contribution in [0.5, 0.6) is 0 Å². The minimum atomic E-state index is -1.69. The lowest BCUT2D eigenvalue weighted by atomic mass is 10.0. The van der Waals surface area contributed by atoms with Crippen molar-refractivity contribution in [2.45, 2.75) is 30.2 Å². The van der Waals surface area contributed by atoms with Gasteiger partial charge in [0.15, 0.2) is 4.32 Å². The van der Waals surface area contributed by atoms with Crippen LogP contribution in [0, 0.1) is 0 Å². The second kappa shape index (κ2) is 10.7. The van der Waals surface area contributed by atoms with E-state index in [2.05, 4.69) is 10.5 Å². The summed E-state index contributed by atoms with van der Waals surface area (Å²) >= 11 is 6.40. The van der Waals surface area contributed by atoms with Crippen molar-refractivity contribution in [2.24, 2.45) is 5.10 Å². The molecule has 6 N–H and O–H groups in total. The van der Waals surface area contributed by atoms with Crippen LogP contribution in [0.2, 0.25) is 0 Å². The predicted molar refractivity (Wildman–Crippen MR) is 93.1 cm³/mol. The van der Waals surface area contributed by atoms with Crippen molar-refractivity contribution in [3.8, 4) is 0 Å². The third kappa shape index (κ3) is 7.36. The average molecular weight is 360 g/mol.